The number of rotatable bonds is 3. The van der Waals surface area contributed by atoms with Gasteiger partial charge in [0.15, 0.2) is 0 Å². The molecule has 1 atom stereocenters. The van der Waals surface area contributed by atoms with Crippen LogP contribution in [0.4, 0.5) is 16.2 Å². The molecule has 1 saturated heterocycles. The molecule has 0 saturated carbocycles. The lowest BCUT2D eigenvalue weighted by Crippen LogP contribution is -2.47. The monoisotopic (exact) mass is 433 g/mol. The van der Waals surface area contributed by atoms with E-state index in [4.69, 9.17) is 4.99 Å². The molecule has 0 aromatic heterocycles. The van der Waals surface area contributed by atoms with Crippen molar-refractivity contribution in [2.45, 2.75) is 45.2 Å². The molecule has 0 aliphatic carbocycles. The van der Waals surface area contributed by atoms with Crippen LogP contribution >= 0.6 is 0 Å². The first-order valence-corrected chi connectivity index (χ1v) is 11.4. The third-order valence-electron chi connectivity index (χ3n) is 6.14. The lowest BCUT2D eigenvalue weighted by molar-refractivity contribution is -0.119. The number of benzene rings is 2. The first-order chi connectivity index (χ1) is 15.6. The van der Waals surface area contributed by atoms with Crippen LogP contribution in [0.1, 0.15) is 43.7 Å². The van der Waals surface area contributed by atoms with E-state index in [1.165, 1.54) is 12.8 Å². The number of aliphatic imine (C=N–C) groups is 1. The average Bonchev–Trinajstić information content (AvgIpc) is 3.14. The zero-order chi connectivity index (χ0) is 22.5. The van der Waals surface area contributed by atoms with E-state index in [-0.39, 0.29) is 5.91 Å². The molecule has 2 aliphatic rings. The van der Waals surface area contributed by atoms with Gasteiger partial charge in [-0.2, -0.15) is 0 Å². The molecule has 2 aromatic carbocycles. The normalized spacial score (nSPS) is 18.9. The highest BCUT2D eigenvalue weighted by Crippen LogP contribution is 2.27. The molecule has 168 valence electrons. The predicted molar refractivity (Wildman–Crippen MR) is 128 cm³/mol. The summed E-state index contributed by atoms with van der Waals surface area (Å²) in [5.74, 6) is 0.514. The van der Waals surface area contributed by atoms with Crippen LogP contribution in [0.3, 0.4) is 0 Å². The summed E-state index contributed by atoms with van der Waals surface area (Å²) >= 11 is 0. The van der Waals surface area contributed by atoms with Gasteiger partial charge in [0.25, 0.3) is 5.91 Å². The summed E-state index contributed by atoms with van der Waals surface area (Å²) in [6.45, 7) is 3.83. The maximum atomic E-state index is 13.3. The molecule has 2 aliphatic heterocycles. The number of benzodiazepines with no additional fused rings is 1. The summed E-state index contributed by atoms with van der Waals surface area (Å²) in [6, 6.07) is 15.0. The predicted octanol–water partition coefficient (Wildman–Crippen LogP) is 4.00. The lowest BCUT2D eigenvalue weighted by Gasteiger charge is -2.26. The van der Waals surface area contributed by atoms with Gasteiger partial charge in [0.2, 0.25) is 6.17 Å². The smallest absolute Gasteiger partial charge is 0.321 e. The van der Waals surface area contributed by atoms with E-state index in [1.54, 1.807) is 11.9 Å². The minimum Gasteiger partial charge on any atom is -0.356 e. The van der Waals surface area contributed by atoms with Crippen molar-refractivity contribution in [3.63, 3.8) is 0 Å². The fraction of sp³-hybridized carbons (Fsp3) is 0.400. The zero-order valence-corrected chi connectivity index (χ0v) is 18.8. The zero-order valence-electron chi connectivity index (χ0n) is 18.8. The second-order valence-corrected chi connectivity index (χ2v) is 8.28. The van der Waals surface area contributed by atoms with Gasteiger partial charge in [-0.05, 0) is 43.0 Å². The second kappa shape index (κ2) is 9.85. The number of carbonyl (C=O) groups excluding carboxylic acids is 2. The number of carbonyl (C=O) groups is 2. The van der Waals surface area contributed by atoms with Crippen LogP contribution < -0.4 is 15.5 Å². The number of amidine groups is 1. The van der Waals surface area contributed by atoms with Crippen LogP contribution in [0.5, 0.6) is 0 Å². The summed E-state index contributed by atoms with van der Waals surface area (Å²) in [7, 11) is 1.74. The molecule has 3 amide bonds. The van der Waals surface area contributed by atoms with Gasteiger partial charge in [-0.3, -0.25) is 4.79 Å². The molecule has 0 spiro atoms. The molecular formula is C25H31N5O2. The molecule has 7 nitrogen and oxygen atoms in total. The van der Waals surface area contributed by atoms with E-state index >= 15 is 0 Å². The van der Waals surface area contributed by atoms with Crippen molar-refractivity contribution < 1.29 is 9.59 Å². The minimum atomic E-state index is -1.00. The minimum absolute atomic E-state index is 0.263. The summed E-state index contributed by atoms with van der Waals surface area (Å²) in [5.41, 5.74) is 3.50. The van der Waals surface area contributed by atoms with Gasteiger partial charge in [0.05, 0.1) is 5.69 Å². The van der Waals surface area contributed by atoms with Crippen LogP contribution in [0, 0.1) is 0 Å². The number of amides is 3. The Kier molecular flexibility index (Phi) is 6.73. The van der Waals surface area contributed by atoms with Gasteiger partial charge in [-0.1, -0.05) is 50.1 Å². The number of nitrogens with zero attached hydrogens (tertiary/aromatic N) is 3. The maximum Gasteiger partial charge on any atom is 0.321 e. The molecule has 4 rings (SSSR count). The molecule has 0 radical (unpaired) electrons. The van der Waals surface area contributed by atoms with E-state index in [1.807, 2.05) is 55.5 Å². The van der Waals surface area contributed by atoms with Gasteiger partial charge in [-0.25, -0.2) is 9.79 Å². The van der Waals surface area contributed by atoms with Gasteiger partial charge in [0.1, 0.15) is 5.84 Å². The van der Waals surface area contributed by atoms with E-state index in [0.29, 0.717) is 0 Å². The van der Waals surface area contributed by atoms with E-state index in [9.17, 15) is 9.59 Å². The molecule has 1 fully saturated rings. The topological polar surface area (TPSA) is 77.0 Å². The standard InChI is InChI=1S/C25H31N5O2/c1-3-18-12-6-8-14-20(18)26-25(32)28-22-24(31)29(2)21-15-9-7-13-19(21)23(27-22)30-16-10-4-5-11-17-30/h6-9,12-15,22H,3-5,10-11,16-17H2,1-2H3,(H2,26,28,32)/t22-/m1/s1. The Morgan fingerprint density at radius 1 is 1.03 bits per heavy atom. The van der Waals surface area contributed by atoms with E-state index < -0.39 is 12.2 Å². The number of fused-ring (bicyclic) bond motifs is 1. The Morgan fingerprint density at radius 3 is 2.47 bits per heavy atom. The fourth-order valence-corrected chi connectivity index (χ4v) is 4.37. The maximum absolute atomic E-state index is 13.3. The Balaban J connectivity index is 1.64. The Morgan fingerprint density at radius 2 is 1.72 bits per heavy atom. The fourth-order valence-electron chi connectivity index (χ4n) is 4.37. The quantitative estimate of drug-likeness (QED) is 0.768. The Bertz CT molecular complexity index is 1010. The van der Waals surface area contributed by atoms with Gasteiger partial charge < -0.3 is 20.4 Å². The summed E-state index contributed by atoms with van der Waals surface area (Å²) in [6.07, 6.45) is 4.39. The van der Waals surface area contributed by atoms with Crippen LogP contribution in [-0.4, -0.2) is 49.0 Å². The van der Waals surface area contributed by atoms with E-state index in [0.717, 1.165) is 60.7 Å². The molecular weight excluding hydrogens is 402 g/mol. The summed E-state index contributed by atoms with van der Waals surface area (Å²) in [4.78, 5) is 34.8. The SMILES string of the molecule is CCc1ccccc1NC(=O)N[C@H]1N=C(N2CCCCCC2)c2ccccc2N(C)C1=O. The third kappa shape index (κ3) is 4.61. The van der Waals surface area contributed by atoms with Crippen molar-refractivity contribution in [3.05, 3.63) is 59.7 Å². The molecule has 0 unspecified atom stereocenters. The number of likely N-dealkylation sites (N-methyl/N-ethyl adjacent to an activating group) is 1. The van der Waals surface area contributed by atoms with Crippen LogP contribution in [0.2, 0.25) is 0 Å². The number of para-hydroxylation sites is 2. The highest BCUT2D eigenvalue weighted by atomic mass is 16.2. The first kappa shape index (κ1) is 21.9. The van der Waals surface area contributed by atoms with Crippen molar-refractivity contribution >= 4 is 29.1 Å². The van der Waals surface area contributed by atoms with Crippen molar-refractivity contribution in [1.82, 2.24) is 10.2 Å². The number of urea groups is 1. The van der Waals surface area contributed by atoms with Gasteiger partial charge in [0, 0.05) is 31.4 Å². The van der Waals surface area contributed by atoms with Crippen LogP contribution in [-0.2, 0) is 11.2 Å². The van der Waals surface area contributed by atoms with Gasteiger partial charge in [-0.15, -0.1) is 0 Å². The van der Waals surface area contributed by atoms with Crippen LogP contribution in [0.25, 0.3) is 0 Å². The number of likely N-dealkylation sites (tertiary alicyclic amines) is 1. The highest BCUT2D eigenvalue weighted by Gasteiger charge is 2.32. The Hall–Kier alpha value is -3.35. The average molecular weight is 434 g/mol. The summed E-state index contributed by atoms with van der Waals surface area (Å²) < 4.78 is 0. The van der Waals surface area contributed by atoms with E-state index in [2.05, 4.69) is 15.5 Å². The summed E-state index contributed by atoms with van der Waals surface area (Å²) in [5, 5.41) is 5.69. The van der Waals surface area contributed by atoms with Crippen molar-refractivity contribution in [2.24, 2.45) is 4.99 Å². The number of hydrogen-bond donors (Lipinski definition) is 2. The highest BCUT2D eigenvalue weighted by molar-refractivity contribution is 6.12. The number of nitrogens with one attached hydrogen (secondary N) is 2. The number of hydrogen-bond acceptors (Lipinski definition) is 4. The molecule has 2 heterocycles. The molecule has 32 heavy (non-hydrogen) atoms. The molecule has 2 N–H and O–H groups in total. The Labute approximate surface area is 189 Å². The molecule has 0 bridgehead atoms. The van der Waals surface area contributed by atoms with Crippen molar-refractivity contribution in [2.75, 3.05) is 30.4 Å². The number of aryl methyl sites for hydroxylation is 1. The van der Waals surface area contributed by atoms with Crippen LogP contribution in [0.15, 0.2) is 53.5 Å². The molecule has 2 aromatic rings. The second-order valence-electron chi connectivity index (χ2n) is 8.28. The molecule has 7 heteroatoms. The lowest BCUT2D eigenvalue weighted by atomic mass is 10.1. The van der Waals surface area contributed by atoms with Gasteiger partial charge >= 0.3 is 6.03 Å². The van der Waals surface area contributed by atoms with Crippen molar-refractivity contribution in [3.8, 4) is 0 Å². The number of anilines is 2. The first-order valence-electron chi connectivity index (χ1n) is 11.4. The third-order valence-corrected chi connectivity index (χ3v) is 6.14. The largest absolute Gasteiger partial charge is 0.356 e. The van der Waals surface area contributed by atoms with Crippen molar-refractivity contribution in [1.29, 1.82) is 0 Å².